The van der Waals surface area contributed by atoms with Crippen molar-refractivity contribution >= 4 is 5.91 Å². The second-order valence-corrected chi connectivity index (χ2v) is 6.27. The maximum absolute atomic E-state index is 11.9. The molecule has 0 aliphatic carbocycles. The van der Waals surface area contributed by atoms with E-state index in [-0.39, 0.29) is 24.0 Å². The van der Waals surface area contributed by atoms with Crippen LogP contribution in [0.1, 0.15) is 40.5 Å². The second-order valence-electron chi connectivity index (χ2n) is 6.27. The smallest absolute Gasteiger partial charge is 0.223 e. The Hall–Kier alpha value is -0.650. The molecule has 1 fully saturated rings. The number of carbonyl (C=O) groups is 1. The quantitative estimate of drug-likeness (QED) is 0.733. The minimum Gasteiger partial charge on any atom is -0.389 e. The Bertz CT molecular complexity index is 287. The normalized spacial score (nSPS) is 19.6. The summed E-state index contributed by atoms with van der Waals surface area (Å²) in [6, 6.07) is 0.204. The first-order valence-corrected chi connectivity index (χ1v) is 7.71. The van der Waals surface area contributed by atoms with Crippen LogP contribution in [0.3, 0.4) is 0 Å². The number of piperidine rings is 1. The molecule has 2 N–H and O–H groups in total. The van der Waals surface area contributed by atoms with Gasteiger partial charge in [0.2, 0.25) is 5.91 Å². The van der Waals surface area contributed by atoms with Crippen LogP contribution in [0.2, 0.25) is 0 Å². The number of nitrogens with one attached hydrogen (secondary N) is 1. The van der Waals surface area contributed by atoms with E-state index in [1.165, 1.54) is 0 Å². The average Bonchev–Trinajstić information content (AvgIpc) is 2.36. The molecular weight excluding hydrogens is 256 g/mol. The number of amides is 1. The summed E-state index contributed by atoms with van der Waals surface area (Å²) in [4.78, 5) is 14.1. The summed E-state index contributed by atoms with van der Waals surface area (Å²) < 4.78 is 5.41. The van der Waals surface area contributed by atoms with Crippen molar-refractivity contribution in [3.8, 4) is 0 Å². The summed E-state index contributed by atoms with van der Waals surface area (Å²) in [5.41, 5.74) is 0. The molecule has 1 atom stereocenters. The Balaban J connectivity index is 2.23. The van der Waals surface area contributed by atoms with Crippen LogP contribution >= 0.6 is 0 Å². The molecule has 1 aliphatic rings. The molecule has 0 radical (unpaired) electrons. The van der Waals surface area contributed by atoms with Gasteiger partial charge in [0, 0.05) is 18.5 Å². The number of hydrogen-bond acceptors (Lipinski definition) is 4. The highest BCUT2D eigenvalue weighted by Crippen LogP contribution is 2.17. The van der Waals surface area contributed by atoms with Gasteiger partial charge in [-0.3, -0.25) is 4.79 Å². The monoisotopic (exact) mass is 286 g/mol. The van der Waals surface area contributed by atoms with Crippen LogP contribution in [0.25, 0.3) is 0 Å². The van der Waals surface area contributed by atoms with Crippen LogP contribution in [0, 0.1) is 5.92 Å². The van der Waals surface area contributed by atoms with E-state index in [1.807, 2.05) is 27.7 Å². The van der Waals surface area contributed by atoms with E-state index in [0.29, 0.717) is 13.2 Å². The van der Waals surface area contributed by atoms with E-state index in [4.69, 9.17) is 4.74 Å². The van der Waals surface area contributed by atoms with Crippen LogP contribution < -0.4 is 5.32 Å². The molecule has 0 saturated carbocycles. The molecule has 0 aromatic carbocycles. The molecule has 1 aliphatic heterocycles. The standard InChI is InChI=1S/C15H30N2O3/c1-11(2)16-15(19)13-5-7-17(8-6-13)9-14(18)10-20-12(3)4/h11-14,18H,5-10H2,1-4H3,(H,16,19). The van der Waals surface area contributed by atoms with Gasteiger partial charge in [0.25, 0.3) is 0 Å². The number of carbonyl (C=O) groups excluding carboxylic acids is 1. The fraction of sp³-hybridized carbons (Fsp3) is 0.933. The molecule has 1 rings (SSSR count). The molecule has 1 amide bonds. The zero-order valence-corrected chi connectivity index (χ0v) is 13.3. The third-order valence-corrected chi connectivity index (χ3v) is 3.48. The maximum Gasteiger partial charge on any atom is 0.223 e. The molecule has 0 bridgehead atoms. The van der Waals surface area contributed by atoms with Crippen molar-refractivity contribution in [3.05, 3.63) is 0 Å². The molecule has 5 heteroatoms. The number of hydrogen-bond donors (Lipinski definition) is 2. The van der Waals surface area contributed by atoms with Crippen molar-refractivity contribution in [2.24, 2.45) is 5.92 Å². The highest BCUT2D eigenvalue weighted by Gasteiger charge is 2.26. The van der Waals surface area contributed by atoms with Gasteiger partial charge in [-0.2, -0.15) is 0 Å². The van der Waals surface area contributed by atoms with Crippen molar-refractivity contribution in [1.29, 1.82) is 0 Å². The van der Waals surface area contributed by atoms with Gasteiger partial charge in [-0.1, -0.05) is 0 Å². The number of β-amino-alcohol motifs (C(OH)–C–C–N with tert-alkyl or cyclic N) is 1. The van der Waals surface area contributed by atoms with Gasteiger partial charge in [0.15, 0.2) is 0 Å². The Morgan fingerprint density at radius 1 is 1.30 bits per heavy atom. The van der Waals surface area contributed by atoms with Crippen LogP contribution in [-0.4, -0.2) is 60.4 Å². The lowest BCUT2D eigenvalue weighted by molar-refractivity contribution is -0.127. The number of likely N-dealkylation sites (tertiary alicyclic amines) is 1. The highest BCUT2D eigenvalue weighted by atomic mass is 16.5. The fourth-order valence-corrected chi connectivity index (χ4v) is 2.43. The lowest BCUT2D eigenvalue weighted by atomic mass is 9.95. The van der Waals surface area contributed by atoms with Crippen molar-refractivity contribution in [1.82, 2.24) is 10.2 Å². The van der Waals surface area contributed by atoms with Crippen molar-refractivity contribution in [3.63, 3.8) is 0 Å². The molecule has 1 heterocycles. The first-order chi connectivity index (χ1) is 9.38. The lowest BCUT2D eigenvalue weighted by Crippen LogP contribution is -2.45. The fourth-order valence-electron chi connectivity index (χ4n) is 2.43. The maximum atomic E-state index is 11.9. The van der Waals surface area contributed by atoms with Crippen molar-refractivity contribution in [2.45, 2.75) is 58.8 Å². The summed E-state index contributed by atoms with van der Waals surface area (Å²) >= 11 is 0. The third-order valence-electron chi connectivity index (χ3n) is 3.48. The Labute approximate surface area is 122 Å². The number of nitrogens with zero attached hydrogens (tertiary/aromatic N) is 1. The molecule has 20 heavy (non-hydrogen) atoms. The molecule has 1 unspecified atom stereocenters. The summed E-state index contributed by atoms with van der Waals surface area (Å²) in [6.07, 6.45) is 1.45. The van der Waals surface area contributed by atoms with Gasteiger partial charge < -0.3 is 20.1 Å². The van der Waals surface area contributed by atoms with E-state index in [1.54, 1.807) is 0 Å². The third kappa shape index (κ3) is 6.68. The minimum absolute atomic E-state index is 0.123. The predicted octanol–water partition coefficient (Wildman–Crippen LogP) is 1.01. The van der Waals surface area contributed by atoms with Crippen LogP contribution in [0.4, 0.5) is 0 Å². The van der Waals surface area contributed by atoms with Gasteiger partial charge in [-0.05, 0) is 53.6 Å². The van der Waals surface area contributed by atoms with E-state index in [0.717, 1.165) is 25.9 Å². The SMILES string of the molecule is CC(C)NC(=O)C1CCN(CC(O)COC(C)C)CC1. The molecule has 1 saturated heterocycles. The van der Waals surface area contributed by atoms with Crippen molar-refractivity contribution < 1.29 is 14.6 Å². The number of rotatable bonds is 7. The van der Waals surface area contributed by atoms with Gasteiger partial charge in [-0.15, -0.1) is 0 Å². The first-order valence-electron chi connectivity index (χ1n) is 7.71. The molecule has 0 aromatic rings. The zero-order chi connectivity index (χ0) is 15.1. The van der Waals surface area contributed by atoms with Crippen LogP contribution in [0.5, 0.6) is 0 Å². The number of ether oxygens (including phenoxy) is 1. The lowest BCUT2D eigenvalue weighted by Gasteiger charge is -2.32. The zero-order valence-electron chi connectivity index (χ0n) is 13.3. The van der Waals surface area contributed by atoms with Gasteiger partial charge >= 0.3 is 0 Å². The Morgan fingerprint density at radius 2 is 1.90 bits per heavy atom. The van der Waals surface area contributed by atoms with Gasteiger partial charge in [0.1, 0.15) is 0 Å². The van der Waals surface area contributed by atoms with Gasteiger partial charge in [-0.25, -0.2) is 0 Å². The predicted molar refractivity (Wildman–Crippen MR) is 79.5 cm³/mol. The summed E-state index contributed by atoms with van der Waals surface area (Å²) in [6.45, 7) is 10.6. The topological polar surface area (TPSA) is 61.8 Å². The van der Waals surface area contributed by atoms with Crippen molar-refractivity contribution in [2.75, 3.05) is 26.2 Å². The average molecular weight is 286 g/mol. The molecular formula is C15H30N2O3. The van der Waals surface area contributed by atoms with E-state index in [9.17, 15) is 9.90 Å². The van der Waals surface area contributed by atoms with E-state index < -0.39 is 6.10 Å². The molecule has 0 aromatic heterocycles. The number of aliphatic hydroxyl groups excluding tert-OH is 1. The van der Waals surface area contributed by atoms with E-state index >= 15 is 0 Å². The second kappa shape index (κ2) is 8.60. The first kappa shape index (κ1) is 17.4. The Morgan fingerprint density at radius 3 is 2.40 bits per heavy atom. The summed E-state index contributed by atoms with van der Waals surface area (Å²) in [7, 11) is 0. The minimum atomic E-state index is -0.446. The van der Waals surface area contributed by atoms with E-state index in [2.05, 4.69) is 10.2 Å². The van der Waals surface area contributed by atoms with Crippen LogP contribution in [-0.2, 0) is 9.53 Å². The number of aliphatic hydroxyl groups is 1. The summed E-state index contributed by atoms with van der Waals surface area (Å²) in [5, 5.41) is 12.9. The largest absolute Gasteiger partial charge is 0.389 e. The molecule has 5 nitrogen and oxygen atoms in total. The Kier molecular flexibility index (Phi) is 7.48. The summed E-state index contributed by atoms with van der Waals surface area (Å²) in [5.74, 6) is 0.293. The molecule has 118 valence electrons. The molecule has 0 spiro atoms. The highest BCUT2D eigenvalue weighted by molar-refractivity contribution is 5.78. The van der Waals surface area contributed by atoms with Gasteiger partial charge in [0.05, 0.1) is 18.8 Å². The van der Waals surface area contributed by atoms with Crippen LogP contribution in [0.15, 0.2) is 0 Å².